The predicted molar refractivity (Wildman–Crippen MR) is 97.5 cm³/mol. The third-order valence-corrected chi connectivity index (χ3v) is 4.01. The molecule has 1 fully saturated rings. The molecule has 1 saturated heterocycles. The van der Waals surface area contributed by atoms with Gasteiger partial charge in [0.25, 0.3) is 0 Å². The molecule has 132 valence electrons. The monoisotopic (exact) mass is 340 g/mol. The van der Waals surface area contributed by atoms with Crippen molar-refractivity contribution in [1.82, 2.24) is 14.9 Å². The van der Waals surface area contributed by atoms with Crippen LogP contribution in [-0.4, -0.2) is 52.7 Å². The van der Waals surface area contributed by atoms with Crippen molar-refractivity contribution in [2.75, 3.05) is 31.1 Å². The maximum Gasteiger partial charge on any atom is 0.410 e. The van der Waals surface area contributed by atoms with Crippen molar-refractivity contribution in [3.8, 4) is 11.3 Å². The van der Waals surface area contributed by atoms with Crippen LogP contribution in [0.25, 0.3) is 11.3 Å². The Kier molecular flexibility index (Phi) is 4.88. The summed E-state index contributed by atoms with van der Waals surface area (Å²) in [4.78, 5) is 24.8. The lowest BCUT2D eigenvalue weighted by Crippen LogP contribution is -2.50. The standard InChI is InChI=1S/C19H24N4O2/c1-19(2,3)25-18(24)23-11-9-22(10-12-23)16-13-20-14-21-17(16)15-7-5-4-6-8-15/h4-8,13-14H,9-12H2,1-3H3. The molecular weight excluding hydrogens is 316 g/mol. The largest absolute Gasteiger partial charge is 0.444 e. The summed E-state index contributed by atoms with van der Waals surface area (Å²) in [5.74, 6) is 0. The second kappa shape index (κ2) is 7.09. The van der Waals surface area contributed by atoms with Crippen LogP contribution in [0.3, 0.4) is 0 Å². The van der Waals surface area contributed by atoms with E-state index in [1.54, 1.807) is 11.2 Å². The fraction of sp³-hybridized carbons (Fsp3) is 0.421. The fourth-order valence-corrected chi connectivity index (χ4v) is 2.83. The number of hydrogen-bond acceptors (Lipinski definition) is 5. The zero-order chi connectivity index (χ0) is 17.9. The van der Waals surface area contributed by atoms with E-state index < -0.39 is 5.60 Å². The average molecular weight is 340 g/mol. The van der Waals surface area contributed by atoms with Gasteiger partial charge < -0.3 is 14.5 Å². The first-order chi connectivity index (χ1) is 11.9. The highest BCUT2D eigenvalue weighted by Crippen LogP contribution is 2.28. The van der Waals surface area contributed by atoms with Gasteiger partial charge in [-0.15, -0.1) is 0 Å². The summed E-state index contributed by atoms with van der Waals surface area (Å²) >= 11 is 0. The Bertz CT molecular complexity index is 720. The van der Waals surface area contributed by atoms with Crippen molar-refractivity contribution in [2.24, 2.45) is 0 Å². The van der Waals surface area contributed by atoms with E-state index in [0.29, 0.717) is 13.1 Å². The highest BCUT2D eigenvalue weighted by Gasteiger charge is 2.27. The lowest BCUT2D eigenvalue weighted by atomic mass is 10.1. The maximum absolute atomic E-state index is 12.2. The Morgan fingerprint density at radius 3 is 2.40 bits per heavy atom. The van der Waals surface area contributed by atoms with Crippen LogP contribution < -0.4 is 4.90 Å². The van der Waals surface area contributed by atoms with E-state index in [2.05, 4.69) is 14.9 Å². The summed E-state index contributed by atoms with van der Waals surface area (Å²) in [6, 6.07) is 10.1. The van der Waals surface area contributed by atoms with Gasteiger partial charge in [-0.2, -0.15) is 0 Å². The molecule has 0 N–H and O–H groups in total. The number of benzene rings is 1. The van der Waals surface area contributed by atoms with Crippen LogP contribution in [0.2, 0.25) is 0 Å². The van der Waals surface area contributed by atoms with Gasteiger partial charge in [0.15, 0.2) is 0 Å². The van der Waals surface area contributed by atoms with E-state index in [1.807, 2.05) is 57.3 Å². The van der Waals surface area contributed by atoms with Crippen molar-refractivity contribution in [3.05, 3.63) is 42.9 Å². The summed E-state index contributed by atoms with van der Waals surface area (Å²) < 4.78 is 5.45. The molecule has 0 unspecified atom stereocenters. The molecule has 25 heavy (non-hydrogen) atoms. The van der Waals surface area contributed by atoms with Crippen molar-refractivity contribution in [3.63, 3.8) is 0 Å². The molecule has 1 aliphatic heterocycles. The first-order valence-electron chi connectivity index (χ1n) is 8.52. The minimum absolute atomic E-state index is 0.250. The highest BCUT2D eigenvalue weighted by atomic mass is 16.6. The van der Waals surface area contributed by atoms with Gasteiger partial charge in [-0.05, 0) is 20.8 Å². The number of carbonyl (C=O) groups is 1. The number of amides is 1. The summed E-state index contributed by atoms with van der Waals surface area (Å²) in [6.07, 6.45) is 3.17. The topological polar surface area (TPSA) is 58.6 Å². The number of ether oxygens (including phenoxy) is 1. The predicted octanol–water partition coefficient (Wildman–Crippen LogP) is 3.20. The number of nitrogens with zero attached hydrogens (tertiary/aromatic N) is 4. The third-order valence-electron chi connectivity index (χ3n) is 4.01. The summed E-state index contributed by atoms with van der Waals surface area (Å²) in [5.41, 5.74) is 2.51. The van der Waals surface area contributed by atoms with Crippen LogP contribution in [0.15, 0.2) is 42.9 Å². The molecule has 2 heterocycles. The number of rotatable bonds is 2. The van der Waals surface area contributed by atoms with E-state index in [4.69, 9.17) is 4.74 Å². The Morgan fingerprint density at radius 2 is 1.76 bits per heavy atom. The first kappa shape index (κ1) is 17.2. The number of anilines is 1. The molecule has 3 rings (SSSR count). The van der Waals surface area contributed by atoms with E-state index in [1.165, 1.54) is 0 Å². The average Bonchev–Trinajstić information content (AvgIpc) is 2.61. The molecule has 0 radical (unpaired) electrons. The lowest BCUT2D eigenvalue weighted by Gasteiger charge is -2.37. The van der Waals surface area contributed by atoms with Gasteiger partial charge in [-0.25, -0.2) is 14.8 Å². The quantitative estimate of drug-likeness (QED) is 0.840. The molecule has 2 aromatic rings. The smallest absolute Gasteiger partial charge is 0.410 e. The number of carbonyl (C=O) groups excluding carboxylic acids is 1. The van der Waals surface area contributed by atoms with Crippen LogP contribution in [-0.2, 0) is 4.74 Å². The maximum atomic E-state index is 12.2. The molecule has 1 aliphatic rings. The second-order valence-electron chi connectivity index (χ2n) is 7.08. The van der Waals surface area contributed by atoms with Gasteiger partial charge in [-0.3, -0.25) is 0 Å². The first-order valence-corrected chi connectivity index (χ1v) is 8.52. The van der Waals surface area contributed by atoms with Crippen molar-refractivity contribution >= 4 is 11.8 Å². The number of aromatic nitrogens is 2. The van der Waals surface area contributed by atoms with Crippen molar-refractivity contribution < 1.29 is 9.53 Å². The molecule has 1 aromatic heterocycles. The van der Waals surface area contributed by atoms with Crippen molar-refractivity contribution in [2.45, 2.75) is 26.4 Å². The molecule has 0 saturated carbocycles. The Hall–Kier alpha value is -2.63. The molecule has 1 aromatic carbocycles. The molecule has 0 aliphatic carbocycles. The second-order valence-corrected chi connectivity index (χ2v) is 7.08. The van der Waals surface area contributed by atoms with E-state index in [9.17, 15) is 4.79 Å². The molecule has 0 bridgehead atoms. The molecule has 0 atom stereocenters. The Labute approximate surface area is 148 Å². The van der Waals surface area contributed by atoms with Crippen LogP contribution >= 0.6 is 0 Å². The van der Waals surface area contributed by atoms with Gasteiger partial charge in [0.2, 0.25) is 0 Å². The van der Waals surface area contributed by atoms with Gasteiger partial charge in [0, 0.05) is 31.7 Å². The van der Waals surface area contributed by atoms with Crippen LogP contribution in [0.4, 0.5) is 10.5 Å². The summed E-state index contributed by atoms with van der Waals surface area (Å²) in [7, 11) is 0. The Balaban J connectivity index is 1.71. The van der Waals surface area contributed by atoms with Crippen LogP contribution in [0.5, 0.6) is 0 Å². The molecule has 6 nitrogen and oxygen atoms in total. The van der Waals surface area contributed by atoms with E-state index in [0.717, 1.165) is 30.0 Å². The lowest BCUT2D eigenvalue weighted by molar-refractivity contribution is 0.0240. The minimum Gasteiger partial charge on any atom is -0.444 e. The Morgan fingerprint density at radius 1 is 1.08 bits per heavy atom. The molecular formula is C19H24N4O2. The van der Waals surface area contributed by atoms with Crippen molar-refractivity contribution in [1.29, 1.82) is 0 Å². The normalized spacial score (nSPS) is 15.2. The van der Waals surface area contributed by atoms with Gasteiger partial charge in [-0.1, -0.05) is 30.3 Å². The van der Waals surface area contributed by atoms with Gasteiger partial charge in [0.05, 0.1) is 17.6 Å². The number of hydrogen-bond donors (Lipinski definition) is 0. The van der Waals surface area contributed by atoms with Gasteiger partial charge >= 0.3 is 6.09 Å². The summed E-state index contributed by atoms with van der Waals surface area (Å²) in [5, 5.41) is 0. The van der Waals surface area contributed by atoms with Crippen LogP contribution in [0, 0.1) is 0 Å². The van der Waals surface area contributed by atoms with Crippen LogP contribution in [0.1, 0.15) is 20.8 Å². The molecule has 6 heteroatoms. The zero-order valence-electron chi connectivity index (χ0n) is 15.0. The zero-order valence-corrected chi connectivity index (χ0v) is 15.0. The number of piperazine rings is 1. The SMILES string of the molecule is CC(C)(C)OC(=O)N1CCN(c2cncnc2-c2ccccc2)CC1. The minimum atomic E-state index is -0.470. The summed E-state index contributed by atoms with van der Waals surface area (Å²) in [6.45, 7) is 8.35. The highest BCUT2D eigenvalue weighted by molar-refractivity contribution is 5.75. The molecule has 0 spiro atoms. The fourth-order valence-electron chi connectivity index (χ4n) is 2.83. The molecule has 1 amide bonds. The third kappa shape index (κ3) is 4.26. The van der Waals surface area contributed by atoms with E-state index >= 15 is 0 Å². The van der Waals surface area contributed by atoms with E-state index in [-0.39, 0.29) is 6.09 Å². The van der Waals surface area contributed by atoms with Gasteiger partial charge in [0.1, 0.15) is 11.9 Å².